The van der Waals surface area contributed by atoms with Crippen LogP contribution in [0.15, 0.2) is 42.7 Å². The van der Waals surface area contributed by atoms with E-state index in [1.54, 1.807) is 12.4 Å². The van der Waals surface area contributed by atoms with Gasteiger partial charge in [-0.15, -0.1) is 10.2 Å². The molecular weight excluding hydrogens is 286 g/mol. The molecule has 0 saturated carbocycles. The zero-order valence-corrected chi connectivity index (χ0v) is 11.9. The minimum atomic E-state index is 0.339. The Kier molecular flexibility index (Phi) is 2.62. The summed E-state index contributed by atoms with van der Waals surface area (Å²) in [5.74, 6) is 0.732. The first kappa shape index (κ1) is 12.2. The Morgan fingerprint density at radius 3 is 2.90 bits per heavy atom. The molecule has 6 heteroatoms. The minimum Gasteiger partial charge on any atom is -0.278 e. The average molecular weight is 296 g/mol. The number of fused-ring (bicyclic) bond motifs is 2. The predicted molar refractivity (Wildman–Crippen MR) is 81.3 cm³/mol. The van der Waals surface area contributed by atoms with E-state index >= 15 is 0 Å². The summed E-state index contributed by atoms with van der Waals surface area (Å²) < 4.78 is 1.84. The first-order valence-corrected chi connectivity index (χ1v) is 6.84. The van der Waals surface area contributed by atoms with Gasteiger partial charge in [-0.05, 0) is 19.1 Å². The lowest BCUT2D eigenvalue weighted by Gasteiger charge is -2.06. The molecule has 21 heavy (non-hydrogen) atoms. The van der Waals surface area contributed by atoms with Crippen LogP contribution in [0.1, 0.15) is 5.69 Å². The maximum Gasteiger partial charge on any atom is 0.198 e. The lowest BCUT2D eigenvalue weighted by atomic mass is 10.1. The maximum atomic E-state index is 6.06. The quantitative estimate of drug-likeness (QED) is 0.540. The fraction of sp³-hybridized carbons (Fsp3) is 0.0667. The highest BCUT2D eigenvalue weighted by atomic mass is 35.5. The summed E-state index contributed by atoms with van der Waals surface area (Å²) in [7, 11) is 0. The van der Waals surface area contributed by atoms with Crippen molar-refractivity contribution in [1.82, 2.24) is 24.6 Å². The van der Waals surface area contributed by atoms with Gasteiger partial charge >= 0.3 is 0 Å². The summed E-state index contributed by atoms with van der Waals surface area (Å²) in [6.07, 6.45) is 3.44. The third-order valence-corrected chi connectivity index (χ3v) is 3.64. The number of pyridine rings is 1. The van der Waals surface area contributed by atoms with Crippen LogP contribution in [0, 0.1) is 6.92 Å². The molecular formula is C15H10ClN5. The zero-order valence-electron chi connectivity index (χ0n) is 11.2. The van der Waals surface area contributed by atoms with Crippen LogP contribution in [-0.4, -0.2) is 24.6 Å². The molecule has 5 nitrogen and oxygen atoms in total. The second-order valence-electron chi connectivity index (χ2n) is 4.76. The predicted octanol–water partition coefficient (Wildman–Crippen LogP) is 3.30. The number of benzene rings is 1. The number of halogens is 1. The van der Waals surface area contributed by atoms with Crippen LogP contribution < -0.4 is 0 Å². The number of rotatable bonds is 1. The second kappa shape index (κ2) is 4.49. The van der Waals surface area contributed by atoms with Crippen molar-refractivity contribution in [2.75, 3.05) is 0 Å². The first-order chi connectivity index (χ1) is 10.2. The average Bonchev–Trinajstić information content (AvgIpc) is 2.91. The molecule has 102 valence electrons. The highest BCUT2D eigenvalue weighted by Gasteiger charge is 2.14. The van der Waals surface area contributed by atoms with Gasteiger partial charge in [-0.25, -0.2) is 4.98 Å². The molecule has 1 aromatic carbocycles. The fourth-order valence-electron chi connectivity index (χ4n) is 2.47. The van der Waals surface area contributed by atoms with Gasteiger partial charge in [-0.3, -0.25) is 9.38 Å². The molecule has 0 saturated heterocycles. The number of para-hydroxylation sites is 1. The van der Waals surface area contributed by atoms with Crippen LogP contribution in [-0.2, 0) is 0 Å². The Morgan fingerprint density at radius 2 is 2.00 bits per heavy atom. The van der Waals surface area contributed by atoms with Crippen molar-refractivity contribution >= 4 is 28.2 Å². The Hall–Kier alpha value is -2.53. The molecule has 0 aliphatic heterocycles. The summed E-state index contributed by atoms with van der Waals surface area (Å²) in [5, 5.41) is 9.78. The third-order valence-electron chi connectivity index (χ3n) is 3.37. The first-order valence-electron chi connectivity index (χ1n) is 6.46. The lowest BCUT2D eigenvalue weighted by Crippen LogP contribution is -1.94. The van der Waals surface area contributed by atoms with Crippen LogP contribution in [0.4, 0.5) is 0 Å². The molecule has 0 aliphatic carbocycles. The van der Waals surface area contributed by atoms with Gasteiger partial charge in [0, 0.05) is 29.0 Å². The number of hydrogen-bond acceptors (Lipinski definition) is 4. The Morgan fingerprint density at radius 1 is 1.14 bits per heavy atom. The molecule has 0 atom stereocenters. The van der Waals surface area contributed by atoms with Crippen molar-refractivity contribution in [2.24, 2.45) is 0 Å². The van der Waals surface area contributed by atoms with E-state index in [1.807, 2.05) is 41.7 Å². The highest BCUT2D eigenvalue weighted by Crippen LogP contribution is 2.28. The van der Waals surface area contributed by atoms with Gasteiger partial charge in [0.2, 0.25) is 0 Å². The largest absolute Gasteiger partial charge is 0.278 e. The van der Waals surface area contributed by atoms with Crippen molar-refractivity contribution in [1.29, 1.82) is 0 Å². The van der Waals surface area contributed by atoms with Gasteiger partial charge in [0.25, 0.3) is 0 Å². The van der Waals surface area contributed by atoms with E-state index in [9.17, 15) is 0 Å². The van der Waals surface area contributed by atoms with Crippen LogP contribution >= 0.6 is 11.6 Å². The fourth-order valence-corrected chi connectivity index (χ4v) is 2.66. The molecule has 0 bridgehead atoms. The normalized spacial score (nSPS) is 11.3. The second-order valence-corrected chi connectivity index (χ2v) is 5.12. The van der Waals surface area contributed by atoms with E-state index in [0.29, 0.717) is 10.8 Å². The van der Waals surface area contributed by atoms with E-state index in [-0.39, 0.29) is 0 Å². The van der Waals surface area contributed by atoms with Gasteiger partial charge in [-0.2, -0.15) is 0 Å². The molecule has 4 aromatic rings. The summed E-state index contributed by atoms with van der Waals surface area (Å²) in [6.45, 7) is 1.97. The van der Waals surface area contributed by atoms with E-state index in [1.165, 1.54) is 0 Å². The van der Waals surface area contributed by atoms with Crippen LogP contribution in [0.5, 0.6) is 0 Å². The molecule has 0 spiro atoms. The summed E-state index contributed by atoms with van der Waals surface area (Å²) in [4.78, 5) is 8.57. The third kappa shape index (κ3) is 1.86. The van der Waals surface area contributed by atoms with Crippen molar-refractivity contribution < 1.29 is 0 Å². The molecule has 0 aliphatic rings. The summed E-state index contributed by atoms with van der Waals surface area (Å²) >= 11 is 6.06. The SMILES string of the molecule is Cc1cc(-c2nnc3c(Cl)nccn23)c2ccccc2n1. The van der Waals surface area contributed by atoms with Crippen molar-refractivity contribution in [3.63, 3.8) is 0 Å². The van der Waals surface area contributed by atoms with Crippen LogP contribution in [0.25, 0.3) is 27.9 Å². The van der Waals surface area contributed by atoms with Gasteiger partial charge in [0.15, 0.2) is 16.6 Å². The molecule has 0 fully saturated rings. The molecule has 0 N–H and O–H groups in total. The molecule has 4 rings (SSSR count). The van der Waals surface area contributed by atoms with Crippen LogP contribution in [0.2, 0.25) is 5.15 Å². The summed E-state index contributed by atoms with van der Waals surface area (Å²) in [6, 6.07) is 9.99. The molecule has 0 unspecified atom stereocenters. The molecule has 3 aromatic heterocycles. The molecule has 0 radical (unpaired) electrons. The van der Waals surface area contributed by atoms with Crippen LogP contribution in [0.3, 0.4) is 0 Å². The van der Waals surface area contributed by atoms with Gasteiger partial charge < -0.3 is 0 Å². The van der Waals surface area contributed by atoms with E-state index in [2.05, 4.69) is 20.2 Å². The lowest BCUT2D eigenvalue weighted by molar-refractivity contribution is 1.11. The Bertz CT molecular complexity index is 976. The monoisotopic (exact) mass is 295 g/mol. The minimum absolute atomic E-state index is 0.339. The van der Waals surface area contributed by atoms with Crippen molar-refractivity contribution in [3.05, 3.63) is 53.6 Å². The number of aryl methyl sites for hydroxylation is 1. The van der Waals surface area contributed by atoms with Gasteiger partial charge in [0.05, 0.1) is 5.52 Å². The van der Waals surface area contributed by atoms with Crippen molar-refractivity contribution in [2.45, 2.75) is 6.92 Å². The smallest absolute Gasteiger partial charge is 0.198 e. The molecule has 3 heterocycles. The standard InChI is InChI=1S/C15H10ClN5/c1-9-8-11(10-4-2-3-5-12(10)18-9)14-19-20-15-13(16)17-6-7-21(14)15/h2-8H,1H3. The Balaban J connectivity index is 2.11. The van der Waals surface area contributed by atoms with Crippen molar-refractivity contribution in [3.8, 4) is 11.4 Å². The number of aromatic nitrogens is 5. The number of hydrogen-bond donors (Lipinski definition) is 0. The number of nitrogens with zero attached hydrogens (tertiary/aromatic N) is 5. The molecule has 0 amide bonds. The van der Waals surface area contributed by atoms with E-state index in [0.717, 1.165) is 28.0 Å². The topological polar surface area (TPSA) is 56.0 Å². The van der Waals surface area contributed by atoms with Gasteiger partial charge in [-0.1, -0.05) is 29.8 Å². The Labute approximate surface area is 125 Å². The summed E-state index contributed by atoms with van der Waals surface area (Å²) in [5.41, 5.74) is 3.39. The maximum absolute atomic E-state index is 6.06. The zero-order chi connectivity index (χ0) is 14.4. The van der Waals surface area contributed by atoms with E-state index < -0.39 is 0 Å². The van der Waals surface area contributed by atoms with Gasteiger partial charge in [0.1, 0.15) is 0 Å². The van der Waals surface area contributed by atoms with E-state index in [4.69, 9.17) is 11.6 Å². The highest BCUT2D eigenvalue weighted by molar-refractivity contribution is 6.32.